The van der Waals surface area contributed by atoms with Crippen molar-refractivity contribution in [3.63, 3.8) is 0 Å². The van der Waals surface area contributed by atoms with Gasteiger partial charge < -0.3 is 15.5 Å². The summed E-state index contributed by atoms with van der Waals surface area (Å²) in [5, 5.41) is 0. The summed E-state index contributed by atoms with van der Waals surface area (Å²) in [5.74, 6) is 0.323. The van der Waals surface area contributed by atoms with Crippen LogP contribution in [0.1, 0.15) is 19.8 Å². The van der Waals surface area contributed by atoms with Gasteiger partial charge in [-0.25, -0.2) is 0 Å². The van der Waals surface area contributed by atoms with Crippen LogP contribution in [0.4, 0.5) is 0 Å². The molecule has 1 aliphatic heterocycles. The Balaban J connectivity index is 2.12. The van der Waals surface area contributed by atoms with E-state index in [2.05, 4.69) is 23.8 Å². The SMILES string of the molecule is CC(CN(C)CCN1CCCC1)C(N)=S. The van der Waals surface area contributed by atoms with Crippen LogP contribution in [0, 0.1) is 5.92 Å². The van der Waals surface area contributed by atoms with E-state index in [9.17, 15) is 0 Å². The first kappa shape index (κ1) is 12.9. The summed E-state index contributed by atoms with van der Waals surface area (Å²) >= 11 is 4.97. The average molecular weight is 229 g/mol. The molecule has 0 radical (unpaired) electrons. The Kier molecular flexibility index (Phi) is 5.50. The van der Waals surface area contributed by atoms with Crippen molar-refractivity contribution in [3.05, 3.63) is 0 Å². The highest BCUT2D eigenvalue weighted by Crippen LogP contribution is 2.07. The van der Waals surface area contributed by atoms with Crippen molar-refractivity contribution in [2.24, 2.45) is 11.7 Å². The molecule has 15 heavy (non-hydrogen) atoms. The molecule has 0 aromatic heterocycles. The molecule has 0 aromatic carbocycles. The first-order chi connectivity index (χ1) is 7.09. The second-order valence-electron chi connectivity index (χ2n) is 4.61. The molecule has 1 rings (SSSR count). The number of hydrogen-bond acceptors (Lipinski definition) is 3. The first-order valence-electron chi connectivity index (χ1n) is 5.80. The smallest absolute Gasteiger partial charge is 0.0768 e. The van der Waals surface area contributed by atoms with Crippen molar-refractivity contribution in [2.45, 2.75) is 19.8 Å². The van der Waals surface area contributed by atoms with E-state index in [0.717, 1.165) is 13.1 Å². The second-order valence-corrected chi connectivity index (χ2v) is 5.09. The largest absolute Gasteiger partial charge is 0.393 e. The van der Waals surface area contributed by atoms with Crippen LogP contribution in [0.3, 0.4) is 0 Å². The van der Waals surface area contributed by atoms with Gasteiger partial charge in [0.05, 0.1) is 4.99 Å². The number of hydrogen-bond donors (Lipinski definition) is 1. The highest BCUT2D eigenvalue weighted by atomic mass is 32.1. The van der Waals surface area contributed by atoms with Crippen molar-refractivity contribution in [2.75, 3.05) is 39.8 Å². The fraction of sp³-hybridized carbons (Fsp3) is 0.909. The van der Waals surface area contributed by atoms with Crippen LogP contribution in [0.15, 0.2) is 0 Å². The molecule has 0 spiro atoms. The maximum Gasteiger partial charge on any atom is 0.0768 e. The normalized spacial score (nSPS) is 19.7. The molecule has 1 heterocycles. The van der Waals surface area contributed by atoms with Gasteiger partial charge in [-0.05, 0) is 33.0 Å². The van der Waals surface area contributed by atoms with Crippen LogP contribution < -0.4 is 5.73 Å². The Morgan fingerprint density at radius 2 is 2.07 bits per heavy atom. The lowest BCUT2D eigenvalue weighted by Crippen LogP contribution is -2.36. The van der Waals surface area contributed by atoms with Gasteiger partial charge in [0.1, 0.15) is 0 Å². The predicted molar refractivity (Wildman–Crippen MR) is 69.1 cm³/mol. The lowest BCUT2D eigenvalue weighted by Gasteiger charge is -2.23. The third kappa shape index (κ3) is 4.91. The molecule has 1 atom stereocenters. The number of rotatable bonds is 6. The van der Waals surface area contributed by atoms with E-state index in [1.807, 2.05) is 0 Å². The van der Waals surface area contributed by atoms with Gasteiger partial charge in [-0.1, -0.05) is 19.1 Å². The monoisotopic (exact) mass is 229 g/mol. The average Bonchev–Trinajstić information content (AvgIpc) is 2.66. The molecule has 0 aromatic rings. The fourth-order valence-electron chi connectivity index (χ4n) is 1.97. The molecule has 0 saturated carbocycles. The number of thiocarbonyl (C=S) groups is 1. The highest BCUT2D eigenvalue weighted by Gasteiger charge is 2.13. The first-order valence-corrected chi connectivity index (χ1v) is 6.20. The molecule has 1 saturated heterocycles. The van der Waals surface area contributed by atoms with Gasteiger partial charge in [-0.15, -0.1) is 0 Å². The van der Waals surface area contributed by atoms with Crippen LogP contribution >= 0.6 is 12.2 Å². The number of nitrogens with zero attached hydrogens (tertiary/aromatic N) is 2. The molecule has 1 unspecified atom stereocenters. The molecule has 0 amide bonds. The molecular formula is C11H23N3S. The van der Waals surface area contributed by atoms with Gasteiger partial charge in [0.25, 0.3) is 0 Å². The summed E-state index contributed by atoms with van der Waals surface area (Å²) < 4.78 is 0. The predicted octanol–water partition coefficient (Wildman–Crippen LogP) is 0.936. The van der Waals surface area contributed by atoms with E-state index in [-0.39, 0.29) is 0 Å². The Bertz CT molecular complexity index is 202. The van der Waals surface area contributed by atoms with E-state index < -0.39 is 0 Å². The van der Waals surface area contributed by atoms with Gasteiger partial charge in [0.2, 0.25) is 0 Å². The van der Waals surface area contributed by atoms with Crippen LogP contribution in [-0.2, 0) is 0 Å². The van der Waals surface area contributed by atoms with Gasteiger partial charge in [-0.3, -0.25) is 0 Å². The van der Waals surface area contributed by atoms with Gasteiger partial charge in [0.15, 0.2) is 0 Å². The molecule has 88 valence electrons. The minimum atomic E-state index is 0.323. The van der Waals surface area contributed by atoms with Crippen LogP contribution in [0.2, 0.25) is 0 Å². The van der Waals surface area contributed by atoms with Crippen molar-refractivity contribution in [1.82, 2.24) is 9.80 Å². The summed E-state index contributed by atoms with van der Waals surface area (Å²) in [6.45, 7) is 7.92. The molecule has 0 aliphatic carbocycles. The van der Waals surface area contributed by atoms with E-state index in [1.165, 1.54) is 32.5 Å². The number of likely N-dealkylation sites (N-methyl/N-ethyl adjacent to an activating group) is 1. The van der Waals surface area contributed by atoms with Crippen molar-refractivity contribution in [1.29, 1.82) is 0 Å². The lowest BCUT2D eigenvalue weighted by molar-refractivity contribution is 0.249. The zero-order valence-electron chi connectivity index (χ0n) is 9.91. The third-order valence-corrected chi connectivity index (χ3v) is 3.47. The van der Waals surface area contributed by atoms with Gasteiger partial charge >= 0.3 is 0 Å². The second kappa shape index (κ2) is 6.40. The Morgan fingerprint density at radius 3 is 2.60 bits per heavy atom. The molecule has 2 N–H and O–H groups in total. The fourth-order valence-corrected chi connectivity index (χ4v) is 2.04. The molecule has 1 fully saturated rings. The summed E-state index contributed by atoms with van der Waals surface area (Å²) in [4.78, 5) is 5.48. The number of likely N-dealkylation sites (tertiary alicyclic amines) is 1. The minimum Gasteiger partial charge on any atom is -0.393 e. The van der Waals surface area contributed by atoms with Crippen LogP contribution in [0.25, 0.3) is 0 Å². The molecular weight excluding hydrogens is 206 g/mol. The number of nitrogens with two attached hydrogens (primary N) is 1. The zero-order valence-corrected chi connectivity index (χ0v) is 10.7. The van der Waals surface area contributed by atoms with Gasteiger partial charge in [-0.2, -0.15) is 0 Å². The van der Waals surface area contributed by atoms with E-state index in [4.69, 9.17) is 18.0 Å². The molecule has 4 heteroatoms. The topological polar surface area (TPSA) is 32.5 Å². The van der Waals surface area contributed by atoms with Crippen LogP contribution in [0.5, 0.6) is 0 Å². The zero-order chi connectivity index (χ0) is 11.3. The molecule has 0 bridgehead atoms. The summed E-state index contributed by atoms with van der Waals surface area (Å²) in [7, 11) is 2.14. The van der Waals surface area contributed by atoms with E-state index in [0.29, 0.717) is 10.9 Å². The summed E-state index contributed by atoms with van der Waals surface area (Å²) in [6, 6.07) is 0. The highest BCUT2D eigenvalue weighted by molar-refractivity contribution is 7.80. The maximum atomic E-state index is 5.60. The van der Waals surface area contributed by atoms with Crippen molar-refractivity contribution >= 4 is 17.2 Å². The third-order valence-electron chi connectivity index (χ3n) is 3.07. The quantitative estimate of drug-likeness (QED) is 0.687. The minimum absolute atomic E-state index is 0.323. The summed E-state index contributed by atoms with van der Waals surface area (Å²) in [5.41, 5.74) is 5.60. The molecule has 3 nitrogen and oxygen atoms in total. The Morgan fingerprint density at radius 1 is 1.47 bits per heavy atom. The lowest BCUT2D eigenvalue weighted by atomic mass is 10.2. The maximum absolute atomic E-state index is 5.60. The standard InChI is InChI=1S/C11H23N3S/c1-10(11(12)15)9-13(2)7-8-14-5-3-4-6-14/h10H,3-9H2,1-2H3,(H2,12,15). The Labute approximate surface area is 98.6 Å². The van der Waals surface area contributed by atoms with Crippen molar-refractivity contribution < 1.29 is 0 Å². The van der Waals surface area contributed by atoms with Crippen LogP contribution in [-0.4, -0.2) is 54.6 Å². The molecule has 1 aliphatic rings. The van der Waals surface area contributed by atoms with Crippen molar-refractivity contribution in [3.8, 4) is 0 Å². The van der Waals surface area contributed by atoms with E-state index >= 15 is 0 Å². The Hall–Kier alpha value is -0.190. The van der Waals surface area contributed by atoms with E-state index in [1.54, 1.807) is 0 Å². The summed E-state index contributed by atoms with van der Waals surface area (Å²) in [6.07, 6.45) is 2.74. The van der Waals surface area contributed by atoms with Gasteiger partial charge in [0, 0.05) is 25.6 Å².